The Morgan fingerprint density at radius 2 is 0.921 bits per heavy atom. The molecule has 0 saturated heterocycles. The van der Waals surface area contributed by atoms with Gasteiger partial charge in [0.15, 0.2) is 0 Å². The summed E-state index contributed by atoms with van der Waals surface area (Å²) in [6.07, 6.45) is 12.4. The summed E-state index contributed by atoms with van der Waals surface area (Å²) < 4.78 is 0. The topological polar surface area (TPSA) is 0 Å². The predicted molar refractivity (Wildman–Crippen MR) is 168 cm³/mol. The quantitative estimate of drug-likeness (QED) is 0.133. The summed E-state index contributed by atoms with van der Waals surface area (Å²) in [7, 11) is 0. The van der Waals surface area contributed by atoms with E-state index in [1.165, 1.54) is 82.0 Å². The molecule has 0 fully saturated rings. The first-order valence-electron chi connectivity index (χ1n) is 14.2. The second-order valence-electron chi connectivity index (χ2n) is 9.78. The Labute approximate surface area is 238 Å². The molecule has 0 radical (unpaired) electrons. The normalized spacial score (nSPS) is 10.5. The number of thiophene rings is 2. The molecule has 0 saturated carbocycles. The minimum atomic E-state index is 1.07. The monoisotopic (exact) mass is 534 g/mol. The molecule has 2 heteroatoms. The van der Waals surface area contributed by atoms with Crippen LogP contribution in [0.4, 0.5) is 0 Å². The van der Waals surface area contributed by atoms with Crippen molar-refractivity contribution in [2.45, 2.75) is 78.1 Å². The molecule has 2 heterocycles. The Hall–Kier alpha value is -3.04. The Morgan fingerprint density at radius 1 is 0.500 bits per heavy atom. The van der Waals surface area contributed by atoms with Gasteiger partial charge in [0.05, 0.1) is 9.75 Å². The van der Waals surface area contributed by atoms with Gasteiger partial charge in [0, 0.05) is 20.9 Å². The van der Waals surface area contributed by atoms with E-state index in [2.05, 4.69) is 98.2 Å². The number of aryl methyl sites for hydroxylation is 2. The van der Waals surface area contributed by atoms with Crippen LogP contribution in [0.1, 0.15) is 97.2 Å². The molecule has 0 unspecified atom stereocenters. The van der Waals surface area contributed by atoms with Crippen molar-refractivity contribution in [2.75, 3.05) is 0 Å². The number of unbranched alkanes of at least 4 members (excludes halogenated alkanes) is 6. The van der Waals surface area contributed by atoms with Crippen LogP contribution in [-0.2, 0) is 12.8 Å². The lowest BCUT2D eigenvalue weighted by Gasteiger charge is -1.99. The Balaban J connectivity index is 1.64. The summed E-state index contributed by atoms with van der Waals surface area (Å²) in [5, 5.41) is 0. The lowest BCUT2D eigenvalue weighted by Crippen LogP contribution is -1.86. The Kier molecular flexibility index (Phi) is 11.3. The van der Waals surface area contributed by atoms with Gasteiger partial charge in [-0.3, -0.25) is 0 Å². The molecule has 194 valence electrons. The fourth-order valence-corrected chi connectivity index (χ4v) is 6.67. The molecule has 0 atom stereocenters. The average Bonchev–Trinajstić information content (AvgIpc) is 3.56. The Bertz CT molecular complexity index is 1270. The van der Waals surface area contributed by atoms with Crippen LogP contribution in [0, 0.1) is 23.7 Å². The van der Waals surface area contributed by atoms with E-state index in [-0.39, 0.29) is 0 Å². The van der Waals surface area contributed by atoms with Gasteiger partial charge in [0.2, 0.25) is 0 Å². The molecule has 0 amide bonds. The minimum Gasteiger partial charge on any atom is -0.125 e. The zero-order valence-corrected chi connectivity index (χ0v) is 24.4. The zero-order valence-electron chi connectivity index (χ0n) is 22.8. The van der Waals surface area contributed by atoms with Crippen LogP contribution in [0.25, 0.3) is 9.75 Å². The molecule has 2 aromatic carbocycles. The van der Waals surface area contributed by atoms with E-state index in [1.807, 2.05) is 34.8 Å². The summed E-state index contributed by atoms with van der Waals surface area (Å²) >= 11 is 3.71. The third kappa shape index (κ3) is 8.49. The Morgan fingerprint density at radius 3 is 1.32 bits per heavy atom. The van der Waals surface area contributed by atoms with E-state index in [4.69, 9.17) is 0 Å². The maximum Gasteiger partial charge on any atom is 0.0811 e. The van der Waals surface area contributed by atoms with Gasteiger partial charge in [-0.2, -0.15) is 0 Å². The second-order valence-corrected chi connectivity index (χ2v) is 11.9. The van der Waals surface area contributed by atoms with Crippen molar-refractivity contribution in [3.8, 4) is 33.4 Å². The third-order valence-corrected chi connectivity index (χ3v) is 9.03. The predicted octanol–water partition coefficient (Wildman–Crippen LogP) is 10.5. The summed E-state index contributed by atoms with van der Waals surface area (Å²) in [6, 6.07) is 25.5. The molecular weight excluding hydrogens is 497 g/mol. The largest absolute Gasteiger partial charge is 0.125 e. The first-order chi connectivity index (χ1) is 18.8. The van der Waals surface area contributed by atoms with Gasteiger partial charge in [-0.05, 0) is 73.2 Å². The molecule has 4 aromatic rings. The van der Waals surface area contributed by atoms with Crippen LogP contribution in [0.15, 0.2) is 72.8 Å². The van der Waals surface area contributed by atoms with Crippen molar-refractivity contribution in [3.05, 3.63) is 105 Å². The van der Waals surface area contributed by atoms with E-state index in [9.17, 15) is 0 Å². The standard InChI is InChI=1S/C36H38S2/c1-3-5-7-15-21-31-27-35(37-33(31)25-23-29-17-11-9-12-18-29)36-28-32(22-16-8-6-4-2)34(38-36)26-24-30-19-13-10-14-20-30/h9-14,17-20,27-28H,3-8,15-16,21-22H2,1-2H3. The number of rotatable bonds is 11. The van der Waals surface area contributed by atoms with Crippen LogP contribution >= 0.6 is 22.7 Å². The van der Waals surface area contributed by atoms with E-state index in [1.54, 1.807) is 0 Å². The van der Waals surface area contributed by atoms with Gasteiger partial charge in [0.25, 0.3) is 0 Å². The number of hydrogen-bond acceptors (Lipinski definition) is 2. The lowest BCUT2D eigenvalue weighted by molar-refractivity contribution is 0.667. The van der Waals surface area contributed by atoms with Gasteiger partial charge in [-0.1, -0.05) is 112 Å². The highest BCUT2D eigenvalue weighted by molar-refractivity contribution is 7.22. The van der Waals surface area contributed by atoms with Crippen molar-refractivity contribution >= 4 is 22.7 Å². The molecule has 0 aliphatic rings. The van der Waals surface area contributed by atoms with Crippen LogP contribution in [0.2, 0.25) is 0 Å². The molecular formula is C36H38S2. The third-order valence-electron chi connectivity index (χ3n) is 6.65. The maximum absolute atomic E-state index is 3.52. The first-order valence-corrected chi connectivity index (χ1v) is 15.8. The van der Waals surface area contributed by atoms with Crippen LogP contribution in [0.5, 0.6) is 0 Å². The van der Waals surface area contributed by atoms with Crippen LogP contribution in [0.3, 0.4) is 0 Å². The summed E-state index contributed by atoms with van der Waals surface area (Å²) in [6.45, 7) is 4.54. The molecule has 0 spiro atoms. The zero-order chi connectivity index (χ0) is 26.4. The molecule has 0 N–H and O–H groups in total. The smallest absolute Gasteiger partial charge is 0.0811 e. The summed E-state index contributed by atoms with van der Waals surface area (Å²) in [5.74, 6) is 13.9. The fourth-order valence-electron chi connectivity index (χ4n) is 4.47. The average molecular weight is 535 g/mol. The van der Waals surface area contributed by atoms with E-state index >= 15 is 0 Å². The van der Waals surface area contributed by atoms with Crippen molar-refractivity contribution < 1.29 is 0 Å². The second kappa shape index (κ2) is 15.4. The highest BCUT2D eigenvalue weighted by Crippen LogP contribution is 2.38. The maximum atomic E-state index is 3.52. The molecule has 38 heavy (non-hydrogen) atoms. The van der Waals surface area contributed by atoms with Gasteiger partial charge < -0.3 is 0 Å². The van der Waals surface area contributed by atoms with Gasteiger partial charge in [-0.15, -0.1) is 22.7 Å². The fraction of sp³-hybridized carbons (Fsp3) is 0.333. The van der Waals surface area contributed by atoms with E-state index in [0.29, 0.717) is 0 Å². The molecule has 0 aliphatic carbocycles. The van der Waals surface area contributed by atoms with Crippen molar-refractivity contribution in [1.82, 2.24) is 0 Å². The number of benzene rings is 2. The number of hydrogen-bond donors (Lipinski definition) is 0. The molecule has 4 rings (SSSR count). The summed E-state index contributed by atoms with van der Waals surface area (Å²) in [4.78, 5) is 5.10. The van der Waals surface area contributed by atoms with Crippen LogP contribution < -0.4 is 0 Å². The van der Waals surface area contributed by atoms with Crippen molar-refractivity contribution in [2.24, 2.45) is 0 Å². The van der Waals surface area contributed by atoms with Crippen LogP contribution in [-0.4, -0.2) is 0 Å². The minimum absolute atomic E-state index is 1.07. The molecule has 0 aliphatic heterocycles. The van der Waals surface area contributed by atoms with E-state index < -0.39 is 0 Å². The lowest BCUT2D eigenvalue weighted by atomic mass is 10.1. The van der Waals surface area contributed by atoms with Gasteiger partial charge in [-0.25, -0.2) is 0 Å². The molecule has 0 bridgehead atoms. The summed E-state index contributed by atoms with van der Waals surface area (Å²) in [5.41, 5.74) is 4.95. The SMILES string of the molecule is CCCCCCc1cc(-c2cc(CCCCCC)c(C#Cc3ccccc3)s2)sc1C#Cc1ccccc1. The highest BCUT2D eigenvalue weighted by Gasteiger charge is 2.14. The highest BCUT2D eigenvalue weighted by atomic mass is 32.1. The van der Waals surface area contributed by atoms with Gasteiger partial charge in [0.1, 0.15) is 0 Å². The van der Waals surface area contributed by atoms with Crippen molar-refractivity contribution in [3.63, 3.8) is 0 Å². The molecule has 0 nitrogen and oxygen atoms in total. The van der Waals surface area contributed by atoms with Crippen molar-refractivity contribution in [1.29, 1.82) is 0 Å². The van der Waals surface area contributed by atoms with E-state index in [0.717, 1.165) is 24.0 Å². The first kappa shape index (κ1) is 28.0. The molecule has 2 aromatic heterocycles. The van der Waals surface area contributed by atoms with Gasteiger partial charge >= 0.3 is 0 Å².